The number of aromatic hydroxyl groups is 3. The monoisotopic (exact) mass is 1780 g/mol. The van der Waals surface area contributed by atoms with Gasteiger partial charge in [-0.25, -0.2) is 13.1 Å². The lowest BCUT2D eigenvalue weighted by molar-refractivity contribution is -0.333. The van der Waals surface area contributed by atoms with E-state index in [1.54, 1.807) is 13.8 Å². The molecule has 36 nitrogen and oxygen atoms in total. The van der Waals surface area contributed by atoms with Crippen molar-refractivity contribution in [3.63, 3.8) is 0 Å². The number of halogens is 2. The highest BCUT2D eigenvalue weighted by Gasteiger charge is 2.53. The van der Waals surface area contributed by atoms with Gasteiger partial charge in [-0.15, -0.1) is 0 Å². The van der Waals surface area contributed by atoms with Crippen LogP contribution in [-0.2, 0) is 62.6 Å². The Morgan fingerprint density at radius 3 is 1.90 bits per heavy atom. The fourth-order valence-corrected chi connectivity index (χ4v) is 19.5. The van der Waals surface area contributed by atoms with Crippen LogP contribution in [0.4, 0.5) is 0 Å². The van der Waals surface area contributed by atoms with E-state index >= 15 is 28.8 Å². The first-order valence-corrected chi connectivity index (χ1v) is 43.1. The Balaban J connectivity index is 0.971. The van der Waals surface area contributed by atoms with Crippen molar-refractivity contribution in [1.82, 2.24) is 47.3 Å². The van der Waals surface area contributed by atoms with E-state index < -0.39 is 252 Å². The van der Waals surface area contributed by atoms with E-state index in [1.807, 2.05) is 11.6 Å². The molecule has 6 aromatic carbocycles. The molecule has 0 unspecified atom stereocenters. The number of rotatable bonds is 19. The van der Waals surface area contributed by atoms with Crippen LogP contribution in [0.2, 0.25) is 10.0 Å². The lowest BCUT2D eigenvalue weighted by atomic mass is 9.54. The molecule has 18 atom stereocenters. The van der Waals surface area contributed by atoms with Gasteiger partial charge in [-0.2, -0.15) is 0 Å². The fourth-order valence-electron chi connectivity index (χ4n) is 18.1. The molecule has 6 fully saturated rings. The number of fused-ring (bicyclic) bond motifs is 15. The van der Waals surface area contributed by atoms with E-state index in [2.05, 4.69) is 42.5 Å². The largest absolute Gasteiger partial charge is 0.508 e. The maximum atomic E-state index is 16.6. The maximum absolute atomic E-state index is 16.6. The number of aliphatic hydroxyl groups is 6. The summed E-state index contributed by atoms with van der Waals surface area (Å²) in [4.78, 5) is 124. The average molecular weight is 1780 g/mol. The van der Waals surface area contributed by atoms with Crippen molar-refractivity contribution in [2.75, 3.05) is 20.3 Å². The van der Waals surface area contributed by atoms with Gasteiger partial charge in [-0.1, -0.05) is 62.2 Å². The second-order valence-electron chi connectivity index (χ2n) is 33.7. The van der Waals surface area contributed by atoms with Gasteiger partial charge in [-0.05, 0) is 202 Å². The highest BCUT2D eigenvalue weighted by atomic mass is 35.5. The summed E-state index contributed by atoms with van der Waals surface area (Å²) in [6.07, 6.45) is -14.4. The van der Waals surface area contributed by atoms with Crippen molar-refractivity contribution in [2.45, 2.75) is 213 Å². The number of phenolic OH excluding ortho intramolecular Hbond substituents is 3. The number of nitrogens with two attached hydrogens (primary N) is 1. The molecule has 6 aromatic rings. The first-order chi connectivity index (χ1) is 58.9. The minimum absolute atomic E-state index is 0.0453. The molecule has 0 radical (unpaired) electrons. The summed E-state index contributed by atoms with van der Waals surface area (Å²) < 4.78 is 75.0. The molecule has 666 valence electrons. The zero-order valence-electron chi connectivity index (χ0n) is 68.1. The SMILES string of the molecule is CCCOc1ccc(S(=O)(=O)NC(=O)C[C@@H]2NC(=O)[C@H](NC(=O)[C@@H](CC(C)C)NC)[C@H](O)c3ccc(c(Cl)c3)Oc3cc4cc(c3O[C@@H]3O[C@H](CO)[C@@H](O)[C@H](O)[C@H]3O[C@H]3C[C@](C)(N)[C@H](O)[C@H](C)O3)Oc3ccc(cc3Cl)[C@@H](O)[C@@H]3NC(=O)[C@H](NC(=O)[C@@H]4NC2=O)c2ccc(O)c(c2)-c2c(O)cc(O)cc2[C@@H](C(=O)NC2C4CC5CC(C4)CC2C5)NC3=O)cc1. The highest BCUT2D eigenvalue weighted by Crippen LogP contribution is 2.55. The standard InChI is InChI=1S/C85H100Cl2N10O26S/c1-7-18-117-46-11-13-47(14-12-46)124(115,116)97-61(102)32-53-78(109)92-66-44-28-58(119-56-16-9-40(26-50(56)86)70(103)68(82(113)90-53)95-77(108)52(89-6)19-35(2)3)74(123-84-75(73(106)72(105)60(34-98)121-84)122-62-33-85(5,88)76(107)36(4)118-62)59(29-44)120-57-17-10-41(27-51(57)87)71(104)69-83(114)94-67(81(112)91-64-42-21-37-20-38(23-42)24-43(64)22-37)49-30-45(99)31-55(101)63(49)48-25-39(8-15-54(48)100)65(79(110)96-69)93-80(66)111/h8-17,25-31,35-38,42-43,52-53,60,62,64-73,75-76,84,89,98-101,103-107H,7,18-24,32-34,88H2,1-6H3,(H,90,113)(H,91,112)(H,92,109)(H,93,111)(H,94,114)(H,95,108)(H,96,110)(H,97,102)/t36-,37?,38?,42?,43?,52+,53-,60+,62-,64?,65+,66+,67-,68+,69-,70+,71+,72+,73-,75+,76+,84-,85-/m0/s1. The summed E-state index contributed by atoms with van der Waals surface area (Å²) >= 11 is 14.5. The molecule has 15 bridgehead atoms. The number of hydrogen-bond acceptors (Lipinski definition) is 28. The third kappa shape index (κ3) is 19.0. The molecule has 2 saturated heterocycles. The van der Waals surface area contributed by atoms with Crippen LogP contribution in [0.15, 0.2) is 108 Å². The van der Waals surface area contributed by atoms with Gasteiger partial charge in [0.2, 0.25) is 59.3 Å². The van der Waals surface area contributed by atoms with Gasteiger partial charge in [0.05, 0.1) is 52.8 Å². The Hall–Kier alpha value is -10.2. The average Bonchev–Trinajstić information content (AvgIpc) is 0.758. The van der Waals surface area contributed by atoms with E-state index in [0.29, 0.717) is 18.3 Å². The third-order valence-corrected chi connectivity index (χ3v) is 26.1. The van der Waals surface area contributed by atoms with Crippen molar-refractivity contribution in [2.24, 2.45) is 35.3 Å². The van der Waals surface area contributed by atoms with Crippen molar-refractivity contribution in [3.8, 4) is 62.9 Å². The van der Waals surface area contributed by atoms with Crippen LogP contribution < -0.4 is 71.9 Å². The topological polar surface area (TPSA) is 552 Å². The number of likely N-dealkylation sites (N-methyl/N-ethyl adjacent to an activating group) is 1. The molecule has 17 rings (SSSR count). The molecule has 4 saturated carbocycles. The van der Waals surface area contributed by atoms with E-state index in [4.69, 9.17) is 62.1 Å². The number of benzene rings is 6. The zero-order chi connectivity index (χ0) is 89.0. The summed E-state index contributed by atoms with van der Waals surface area (Å²) in [6, 6.07) is 4.08. The molecular weight excluding hydrogens is 1680 g/mol. The summed E-state index contributed by atoms with van der Waals surface area (Å²) in [5.41, 5.74) is 2.72. The second kappa shape index (κ2) is 36.8. The van der Waals surface area contributed by atoms with Gasteiger partial charge in [0.25, 0.3) is 10.0 Å². The number of phenols is 3. The van der Waals surface area contributed by atoms with Crippen LogP contribution in [0, 0.1) is 29.6 Å². The summed E-state index contributed by atoms with van der Waals surface area (Å²) in [6.45, 7) is 7.71. The van der Waals surface area contributed by atoms with Gasteiger partial charge < -0.3 is 127 Å². The smallest absolute Gasteiger partial charge is 0.264 e. The summed E-state index contributed by atoms with van der Waals surface area (Å²) in [5, 5.41) is 127. The number of amides is 8. The Morgan fingerprint density at radius 1 is 0.677 bits per heavy atom. The number of carbonyl (C=O) groups is 8. The van der Waals surface area contributed by atoms with Gasteiger partial charge in [0.15, 0.2) is 23.9 Å². The first kappa shape index (κ1) is 90.0. The molecule has 8 amide bonds. The lowest BCUT2D eigenvalue weighted by Gasteiger charge is -2.54. The Morgan fingerprint density at radius 2 is 1.29 bits per heavy atom. The van der Waals surface area contributed by atoms with Gasteiger partial charge in [0.1, 0.15) is 101 Å². The van der Waals surface area contributed by atoms with Crippen molar-refractivity contribution in [3.05, 3.63) is 141 Å². The minimum Gasteiger partial charge on any atom is -0.508 e. The van der Waals surface area contributed by atoms with E-state index in [1.165, 1.54) is 51.2 Å². The van der Waals surface area contributed by atoms with Gasteiger partial charge in [0, 0.05) is 35.2 Å². The quantitative estimate of drug-likeness (QED) is 0.0549. The third-order valence-electron chi connectivity index (χ3n) is 24.2. The molecular formula is C85H100Cl2N10O26S. The second-order valence-corrected chi connectivity index (χ2v) is 36.2. The van der Waals surface area contributed by atoms with Crippen LogP contribution in [0.5, 0.6) is 51.7 Å². The van der Waals surface area contributed by atoms with Gasteiger partial charge in [-0.3, -0.25) is 38.4 Å². The van der Waals surface area contributed by atoms with Crippen molar-refractivity contribution in [1.29, 1.82) is 0 Å². The zero-order valence-corrected chi connectivity index (χ0v) is 70.4. The van der Waals surface area contributed by atoms with Crippen LogP contribution >= 0.6 is 23.2 Å². The van der Waals surface area contributed by atoms with E-state index in [-0.39, 0.29) is 76.5 Å². The van der Waals surface area contributed by atoms with Crippen molar-refractivity contribution >= 4 is 80.5 Å². The molecule has 11 aliphatic rings. The molecule has 0 spiro atoms. The predicted octanol–water partition coefficient (Wildman–Crippen LogP) is 3.77. The number of carbonyl (C=O) groups excluding carboxylic acids is 8. The number of ether oxygens (including phenoxy) is 7. The first-order valence-electron chi connectivity index (χ1n) is 40.9. The van der Waals surface area contributed by atoms with Crippen LogP contribution in [0.25, 0.3) is 11.1 Å². The normalized spacial score (nSPS) is 30.6. The lowest BCUT2D eigenvalue weighted by Crippen LogP contribution is -2.64. The summed E-state index contributed by atoms with van der Waals surface area (Å²) in [7, 11) is -3.45. The van der Waals surface area contributed by atoms with Crippen LogP contribution in [-0.4, -0.2) is 207 Å². The number of hydrogen-bond donors (Lipinski definition) is 19. The molecule has 4 aliphatic carbocycles. The summed E-state index contributed by atoms with van der Waals surface area (Å²) in [5.74, 6) is -14.2. The van der Waals surface area contributed by atoms with E-state index in [0.717, 1.165) is 105 Å². The Bertz CT molecular complexity index is 5200. The molecule has 124 heavy (non-hydrogen) atoms. The van der Waals surface area contributed by atoms with Crippen LogP contribution in [0.3, 0.4) is 0 Å². The molecule has 20 N–H and O–H groups in total. The Kier molecular flexibility index (Phi) is 26.7. The Labute approximate surface area is 721 Å². The number of sulfonamides is 1. The van der Waals surface area contributed by atoms with Crippen molar-refractivity contribution < 1.29 is 126 Å². The predicted molar refractivity (Wildman–Crippen MR) is 439 cm³/mol. The van der Waals surface area contributed by atoms with Gasteiger partial charge >= 0.3 is 0 Å². The van der Waals surface area contributed by atoms with E-state index in [9.17, 15) is 64.0 Å². The molecule has 39 heteroatoms. The number of nitrogens with one attached hydrogen (secondary N) is 9. The number of aliphatic hydroxyl groups excluding tert-OH is 6. The highest BCUT2D eigenvalue weighted by molar-refractivity contribution is 7.90. The van der Waals surface area contributed by atoms with Crippen LogP contribution in [0.1, 0.15) is 151 Å². The maximum Gasteiger partial charge on any atom is 0.264 e. The minimum atomic E-state index is -4.91. The molecule has 0 aromatic heterocycles. The fraction of sp³-hybridized carbons (Fsp3) is 0.482. The molecule has 7 aliphatic heterocycles. The molecule has 7 heterocycles.